The molecule has 0 atom stereocenters. The van der Waals surface area contributed by atoms with Crippen LogP contribution in [0, 0.1) is 6.92 Å². The number of carbonyl (C=O) groups is 1. The molecule has 32 heavy (non-hydrogen) atoms. The summed E-state index contributed by atoms with van der Waals surface area (Å²) in [4.78, 5) is 13.5. The van der Waals surface area contributed by atoms with E-state index in [1.165, 1.54) is 6.42 Å². The normalized spacial score (nSPS) is 17.2. The average molecular weight is 436 g/mol. The van der Waals surface area contributed by atoms with Crippen LogP contribution in [0.1, 0.15) is 99.2 Å². The second-order valence-corrected chi connectivity index (χ2v) is 10.1. The molecule has 4 nitrogen and oxygen atoms in total. The van der Waals surface area contributed by atoms with Crippen LogP contribution in [0.5, 0.6) is 11.5 Å². The zero-order chi connectivity index (χ0) is 22.9. The van der Waals surface area contributed by atoms with Crippen molar-refractivity contribution in [3.8, 4) is 22.6 Å². The summed E-state index contributed by atoms with van der Waals surface area (Å²) in [7, 11) is 0. The van der Waals surface area contributed by atoms with Gasteiger partial charge in [0.05, 0.1) is 11.1 Å². The van der Waals surface area contributed by atoms with Crippen molar-refractivity contribution in [1.29, 1.82) is 0 Å². The minimum atomic E-state index is -0.505. The van der Waals surface area contributed by atoms with Gasteiger partial charge in [-0.1, -0.05) is 62.8 Å². The lowest BCUT2D eigenvalue weighted by molar-refractivity contribution is 0.0922. The molecular formula is C28H37NO3. The number of aromatic hydroxyl groups is 1. The van der Waals surface area contributed by atoms with Crippen LogP contribution >= 0.6 is 0 Å². The van der Waals surface area contributed by atoms with Crippen molar-refractivity contribution in [3.63, 3.8) is 0 Å². The Morgan fingerprint density at radius 1 is 1.16 bits per heavy atom. The molecule has 2 N–H and O–H groups in total. The zero-order valence-corrected chi connectivity index (χ0v) is 20.0. The molecule has 1 aliphatic heterocycles. The smallest absolute Gasteiger partial charge is 0.255 e. The van der Waals surface area contributed by atoms with Crippen LogP contribution in [-0.4, -0.2) is 17.1 Å². The minimum Gasteiger partial charge on any atom is -0.506 e. The molecule has 2 aromatic rings. The van der Waals surface area contributed by atoms with Crippen LogP contribution in [0.2, 0.25) is 0 Å². The number of unbranched alkanes of at least 4 members (excludes halogenated alkanes) is 2. The third kappa shape index (κ3) is 4.37. The Morgan fingerprint density at radius 2 is 1.91 bits per heavy atom. The lowest BCUT2D eigenvalue weighted by atomic mass is 9.83. The molecule has 0 aromatic heterocycles. The molecule has 4 heteroatoms. The van der Waals surface area contributed by atoms with E-state index in [1.807, 2.05) is 6.07 Å². The van der Waals surface area contributed by atoms with Gasteiger partial charge in [0, 0.05) is 11.6 Å². The quantitative estimate of drug-likeness (QED) is 0.491. The highest BCUT2D eigenvalue weighted by Gasteiger charge is 2.36. The number of aryl methyl sites for hydroxylation is 2. The maximum absolute atomic E-state index is 13.5. The van der Waals surface area contributed by atoms with Crippen molar-refractivity contribution in [2.24, 2.45) is 0 Å². The first-order valence-corrected chi connectivity index (χ1v) is 12.3. The van der Waals surface area contributed by atoms with Gasteiger partial charge in [-0.25, -0.2) is 0 Å². The van der Waals surface area contributed by atoms with Crippen LogP contribution in [0.25, 0.3) is 11.1 Å². The van der Waals surface area contributed by atoms with Crippen molar-refractivity contribution < 1.29 is 14.6 Å². The molecule has 1 aliphatic carbocycles. The van der Waals surface area contributed by atoms with Crippen LogP contribution in [-0.2, 0) is 12.0 Å². The molecule has 1 fully saturated rings. The summed E-state index contributed by atoms with van der Waals surface area (Å²) in [5.41, 5.74) is 4.57. The molecule has 0 saturated heterocycles. The highest BCUT2D eigenvalue weighted by atomic mass is 16.5. The fourth-order valence-corrected chi connectivity index (χ4v) is 5.28. The van der Waals surface area contributed by atoms with Crippen molar-refractivity contribution in [1.82, 2.24) is 5.32 Å². The Bertz CT molecular complexity index is 1000. The fourth-order valence-electron chi connectivity index (χ4n) is 5.28. The molecule has 2 aliphatic rings. The molecule has 0 unspecified atom stereocenters. The number of ether oxygens (including phenoxy) is 1. The molecule has 1 saturated carbocycles. The third-order valence-electron chi connectivity index (χ3n) is 7.02. The van der Waals surface area contributed by atoms with Gasteiger partial charge in [0.1, 0.15) is 17.1 Å². The maximum Gasteiger partial charge on any atom is 0.255 e. The van der Waals surface area contributed by atoms with Crippen LogP contribution in [0.15, 0.2) is 24.3 Å². The van der Waals surface area contributed by atoms with Gasteiger partial charge in [0.15, 0.2) is 0 Å². The van der Waals surface area contributed by atoms with Crippen LogP contribution < -0.4 is 10.1 Å². The van der Waals surface area contributed by atoms with E-state index in [1.54, 1.807) is 0 Å². The standard InChI is InChI=1S/C28H37NO3/c1-5-6-8-11-19-17-23-25(21-16-18(2)14-15-22(21)28(3,4)32-23)26(30)24(19)27(31)29-20-12-9-7-10-13-20/h14-17,20,30H,5-13H2,1-4H3,(H,29,31). The fraction of sp³-hybridized carbons (Fsp3) is 0.536. The topological polar surface area (TPSA) is 58.6 Å². The summed E-state index contributed by atoms with van der Waals surface area (Å²) in [6.45, 7) is 8.34. The van der Waals surface area contributed by atoms with E-state index >= 15 is 0 Å². The van der Waals surface area contributed by atoms with Gasteiger partial charge in [0.25, 0.3) is 5.91 Å². The zero-order valence-electron chi connectivity index (χ0n) is 20.0. The number of fused-ring (bicyclic) bond motifs is 3. The molecule has 172 valence electrons. The maximum atomic E-state index is 13.5. The first-order valence-electron chi connectivity index (χ1n) is 12.3. The number of rotatable bonds is 6. The number of phenolic OH excluding ortho intramolecular Hbond substituents is 1. The average Bonchev–Trinajstić information content (AvgIpc) is 2.73. The van der Waals surface area contributed by atoms with Gasteiger partial charge in [-0.3, -0.25) is 4.79 Å². The second-order valence-electron chi connectivity index (χ2n) is 10.1. The summed E-state index contributed by atoms with van der Waals surface area (Å²) in [5, 5.41) is 14.8. The Balaban J connectivity index is 1.82. The van der Waals surface area contributed by atoms with Crippen LogP contribution in [0.4, 0.5) is 0 Å². The van der Waals surface area contributed by atoms with Gasteiger partial charge in [-0.2, -0.15) is 0 Å². The van der Waals surface area contributed by atoms with Crippen LogP contribution in [0.3, 0.4) is 0 Å². The number of amides is 1. The van der Waals surface area contributed by atoms with Gasteiger partial charge in [0.2, 0.25) is 0 Å². The van der Waals surface area contributed by atoms with E-state index < -0.39 is 5.60 Å². The first-order chi connectivity index (χ1) is 15.3. The summed E-state index contributed by atoms with van der Waals surface area (Å²) in [6, 6.07) is 8.44. The molecular weight excluding hydrogens is 398 g/mol. The predicted molar refractivity (Wildman–Crippen MR) is 130 cm³/mol. The number of hydrogen-bond donors (Lipinski definition) is 2. The van der Waals surface area contributed by atoms with E-state index in [4.69, 9.17) is 4.74 Å². The largest absolute Gasteiger partial charge is 0.506 e. The summed E-state index contributed by atoms with van der Waals surface area (Å²) >= 11 is 0. The number of phenols is 1. The van der Waals surface area contributed by atoms with E-state index in [0.717, 1.165) is 73.6 Å². The lowest BCUT2D eigenvalue weighted by Crippen LogP contribution is -2.37. The lowest BCUT2D eigenvalue weighted by Gasteiger charge is -2.36. The van der Waals surface area contributed by atoms with Crippen molar-refractivity contribution in [2.75, 3.05) is 0 Å². The Hall–Kier alpha value is -2.49. The van der Waals surface area contributed by atoms with E-state index in [-0.39, 0.29) is 17.7 Å². The number of hydrogen-bond acceptors (Lipinski definition) is 3. The monoisotopic (exact) mass is 435 g/mol. The number of nitrogens with one attached hydrogen (secondary N) is 1. The first kappa shape index (κ1) is 22.7. The molecule has 0 spiro atoms. The number of benzene rings is 2. The highest BCUT2D eigenvalue weighted by molar-refractivity contribution is 6.02. The summed E-state index contributed by atoms with van der Waals surface area (Å²) in [5.74, 6) is 0.582. The van der Waals surface area contributed by atoms with Gasteiger partial charge < -0.3 is 15.2 Å². The Morgan fingerprint density at radius 3 is 2.62 bits per heavy atom. The second kappa shape index (κ2) is 9.17. The molecule has 2 aromatic carbocycles. The van der Waals surface area contributed by atoms with E-state index in [2.05, 4.69) is 51.2 Å². The van der Waals surface area contributed by atoms with E-state index in [9.17, 15) is 9.90 Å². The molecule has 0 radical (unpaired) electrons. The minimum absolute atomic E-state index is 0.0599. The van der Waals surface area contributed by atoms with Crippen molar-refractivity contribution in [2.45, 2.75) is 97.1 Å². The third-order valence-corrected chi connectivity index (χ3v) is 7.02. The Kier molecular flexibility index (Phi) is 6.50. The van der Waals surface area contributed by atoms with Crippen molar-refractivity contribution in [3.05, 3.63) is 46.5 Å². The molecule has 1 amide bonds. The molecule has 1 heterocycles. The van der Waals surface area contributed by atoms with Crippen molar-refractivity contribution >= 4 is 5.91 Å². The molecule has 0 bridgehead atoms. The number of carbonyl (C=O) groups excluding carboxylic acids is 1. The highest BCUT2D eigenvalue weighted by Crippen LogP contribution is 2.51. The SMILES string of the molecule is CCCCCc1cc2c(c(O)c1C(=O)NC1CCCCC1)-c1cc(C)ccc1C(C)(C)O2. The van der Waals surface area contributed by atoms with E-state index in [0.29, 0.717) is 16.9 Å². The van der Waals surface area contributed by atoms with Gasteiger partial charge in [-0.15, -0.1) is 0 Å². The van der Waals surface area contributed by atoms with Gasteiger partial charge in [-0.05, 0) is 63.6 Å². The Labute approximate surface area is 192 Å². The summed E-state index contributed by atoms with van der Waals surface area (Å²) in [6.07, 6.45) is 9.52. The predicted octanol–water partition coefficient (Wildman–Crippen LogP) is 6.79. The van der Waals surface area contributed by atoms with Gasteiger partial charge >= 0.3 is 0 Å². The molecule has 4 rings (SSSR count). The summed E-state index contributed by atoms with van der Waals surface area (Å²) < 4.78 is 6.41.